The number of H-pyrrole nitrogens is 1. The molecule has 1 N–H and O–H groups in total. The molecule has 0 spiro atoms. The van der Waals surface area contributed by atoms with Crippen molar-refractivity contribution < 1.29 is 9.18 Å². The van der Waals surface area contributed by atoms with E-state index in [1.54, 1.807) is 0 Å². The number of hydrogen-bond acceptors (Lipinski definition) is 2. The van der Waals surface area contributed by atoms with Gasteiger partial charge in [0.1, 0.15) is 11.5 Å². The van der Waals surface area contributed by atoms with Crippen molar-refractivity contribution in [3.05, 3.63) is 52.7 Å². The van der Waals surface area contributed by atoms with Crippen LogP contribution in [-0.4, -0.2) is 32.1 Å². The van der Waals surface area contributed by atoms with E-state index in [1.165, 1.54) is 42.7 Å². The second-order valence-electron chi connectivity index (χ2n) is 7.49. The smallest absolute Gasteiger partial charge is 0.270 e. The fraction of sp³-hybridized carbons (Fsp3) is 0.400. The van der Waals surface area contributed by atoms with Gasteiger partial charge < -0.3 is 9.88 Å². The molecule has 6 heteroatoms. The highest BCUT2D eigenvalue weighted by Crippen LogP contribution is 2.38. The van der Waals surface area contributed by atoms with Crippen molar-refractivity contribution in [2.75, 3.05) is 6.54 Å². The second kappa shape index (κ2) is 5.69. The molecule has 1 aromatic carbocycles. The highest BCUT2D eigenvalue weighted by Gasteiger charge is 2.30. The van der Waals surface area contributed by atoms with Crippen LogP contribution in [0.15, 0.2) is 24.4 Å². The lowest BCUT2D eigenvalue weighted by atomic mass is 9.80. The number of nitrogens with one attached hydrogen (secondary N) is 1. The Hall–Kier alpha value is -2.63. The Balaban J connectivity index is 1.45. The molecular weight excluding hydrogens is 331 g/mol. The molecule has 5 nitrogen and oxygen atoms in total. The van der Waals surface area contributed by atoms with Gasteiger partial charge in [-0.3, -0.25) is 9.48 Å². The van der Waals surface area contributed by atoms with E-state index in [2.05, 4.69) is 10.1 Å². The molecule has 3 heterocycles. The first-order chi connectivity index (χ1) is 12.6. The molecule has 26 heavy (non-hydrogen) atoms. The number of benzene rings is 1. The van der Waals surface area contributed by atoms with Gasteiger partial charge in [-0.2, -0.15) is 5.10 Å². The number of nitrogens with zero attached hydrogens (tertiary/aromatic N) is 3. The van der Waals surface area contributed by atoms with Crippen LogP contribution >= 0.6 is 0 Å². The van der Waals surface area contributed by atoms with Crippen molar-refractivity contribution in [1.82, 2.24) is 19.7 Å². The number of carbonyl (C=O) groups is 1. The summed E-state index contributed by atoms with van der Waals surface area (Å²) < 4.78 is 15.7. The van der Waals surface area contributed by atoms with Gasteiger partial charge in [0.2, 0.25) is 0 Å². The zero-order chi connectivity index (χ0) is 17.8. The SMILES string of the molecule is Cc1cc(F)cc2[nH]c(C(=O)N3CCn4ncc(C5CCC5)c4C3)cc12. The number of rotatable bonds is 2. The van der Waals surface area contributed by atoms with Crippen LogP contribution in [0.3, 0.4) is 0 Å². The van der Waals surface area contributed by atoms with Gasteiger partial charge in [0, 0.05) is 17.4 Å². The van der Waals surface area contributed by atoms with E-state index in [4.69, 9.17) is 0 Å². The molecule has 2 aromatic heterocycles. The maximum absolute atomic E-state index is 13.6. The molecule has 1 fully saturated rings. The zero-order valence-electron chi connectivity index (χ0n) is 14.8. The highest BCUT2D eigenvalue weighted by molar-refractivity contribution is 5.98. The topological polar surface area (TPSA) is 53.9 Å². The van der Waals surface area contributed by atoms with Gasteiger partial charge in [0.15, 0.2) is 0 Å². The predicted molar refractivity (Wildman–Crippen MR) is 96.6 cm³/mol. The van der Waals surface area contributed by atoms with Crippen molar-refractivity contribution in [2.24, 2.45) is 0 Å². The minimum atomic E-state index is -0.289. The molecule has 0 bridgehead atoms. The Labute approximate surface area is 150 Å². The number of aromatic nitrogens is 3. The average Bonchev–Trinajstić information content (AvgIpc) is 3.17. The Bertz CT molecular complexity index is 1010. The van der Waals surface area contributed by atoms with Crippen LogP contribution in [0.1, 0.15) is 52.5 Å². The summed E-state index contributed by atoms with van der Waals surface area (Å²) in [5.41, 5.74) is 4.50. The van der Waals surface area contributed by atoms with Gasteiger partial charge in [-0.05, 0) is 55.0 Å². The van der Waals surface area contributed by atoms with Crippen LogP contribution in [0.5, 0.6) is 0 Å². The first-order valence-electron chi connectivity index (χ1n) is 9.23. The molecule has 1 amide bonds. The van der Waals surface area contributed by atoms with Crippen molar-refractivity contribution >= 4 is 16.8 Å². The summed E-state index contributed by atoms with van der Waals surface area (Å²) in [6, 6.07) is 4.78. The number of fused-ring (bicyclic) bond motifs is 2. The molecule has 1 saturated carbocycles. The lowest BCUT2D eigenvalue weighted by molar-refractivity contribution is 0.0699. The summed E-state index contributed by atoms with van der Waals surface area (Å²) in [7, 11) is 0. The average molecular weight is 352 g/mol. The third kappa shape index (κ3) is 2.35. The van der Waals surface area contributed by atoms with E-state index in [-0.39, 0.29) is 11.7 Å². The lowest BCUT2D eigenvalue weighted by Gasteiger charge is -2.31. The molecule has 3 aromatic rings. The number of amides is 1. The van der Waals surface area contributed by atoms with Gasteiger partial charge >= 0.3 is 0 Å². The second-order valence-corrected chi connectivity index (χ2v) is 7.49. The maximum Gasteiger partial charge on any atom is 0.270 e. The van der Waals surface area contributed by atoms with Gasteiger partial charge in [-0.15, -0.1) is 0 Å². The summed E-state index contributed by atoms with van der Waals surface area (Å²) in [4.78, 5) is 18.0. The summed E-state index contributed by atoms with van der Waals surface area (Å²) in [5, 5.41) is 5.41. The van der Waals surface area contributed by atoms with E-state index in [1.807, 2.05) is 28.8 Å². The Morgan fingerprint density at radius 2 is 2.12 bits per heavy atom. The van der Waals surface area contributed by atoms with Crippen molar-refractivity contribution in [3.63, 3.8) is 0 Å². The Morgan fingerprint density at radius 3 is 2.88 bits per heavy atom. The van der Waals surface area contributed by atoms with Gasteiger partial charge in [0.25, 0.3) is 5.91 Å². The quantitative estimate of drug-likeness (QED) is 0.764. The van der Waals surface area contributed by atoms with E-state index in [0.29, 0.717) is 30.2 Å². The predicted octanol–water partition coefficient (Wildman–Crippen LogP) is 3.74. The summed E-state index contributed by atoms with van der Waals surface area (Å²) in [6.07, 6.45) is 5.71. The third-order valence-electron chi connectivity index (χ3n) is 5.88. The van der Waals surface area contributed by atoms with Gasteiger partial charge in [0.05, 0.1) is 25.0 Å². The molecule has 0 atom stereocenters. The van der Waals surface area contributed by atoms with Crippen molar-refractivity contribution in [3.8, 4) is 0 Å². The number of halogens is 1. The first-order valence-corrected chi connectivity index (χ1v) is 9.23. The highest BCUT2D eigenvalue weighted by atomic mass is 19.1. The molecule has 134 valence electrons. The molecule has 5 rings (SSSR count). The maximum atomic E-state index is 13.6. The molecule has 0 unspecified atom stereocenters. The number of carbonyl (C=O) groups excluding carboxylic acids is 1. The van der Waals surface area contributed by atoms with E-state index in [9.17, 15) is 9.18 Å². The third-order valence-corrected chi connectivity index (χ3v) is 5.88. The fourth-order valence-electron chi connectivity index (χ4n) is 4.16. The van der Waals surface area contributed by atoms with Crippen LogP contribution in [0.25, 0.3) is 10.9 Å². The number of aromatic amines is 1. The van der Waals surface area contributed by atoms with Crippen molar-refractivity contribution in [1.29, 1.82) is 0 Å². The van der Waals surface area contributed by atoms with Gasteiger partial charge in [-0.25, -0.2) is 4.39 Å². The van der Waals surface area contributed by atoms with Crippen LogP contribution in [0.4, 0.5) is 4.39 Å². The minimum absolute atomic E-state index is 0.0342. The van der Waals surface area contributed by atoms with Gasteiger partial charge in [-0.1, -0.05) is 6.42 Å². The minimum Gasteiger partial charge on any atom is -0.350 e. The monoisotopic (exact) mass is 352 g/mol. The Kier molecular flexibility index (Phi) is 3.42. The summed E-state index contributed by atoms with van der Waals surface area (Å²) in [5.74, 6) is 0.281. The molecular formula is C20H21FN4O. The molecule has 0 saturated heterocycles. The van der Waals surface area contributed by atoms with E-state index in [0.717, 1.165) is 17.5 Å². The number of aryl methyl sites for hydroxylation is 1. The van der Waals surface area contributed by atoms with Crippen LogP contribution in [-0.2, 0) is 13.1 Å². The summed E-state index contributed by atoms with van der Waals surface area (Å²) >= 11 is 0. The molecule has 1 aliphatic heterocycles. The molecule has 1 aliphatic carbocycles. The first kappa shape index (κ1) is 15.6. The van der Waals surface area contributed by atoms with Crippen LogP contribution in [0.2, 0.25) is 0 Å². The van der Waals surface area contributed by atoms with Crippen molar-refractivity contribution in [2.45, 2.75) is 45.2 Å². The van der Waals surface area contributed by atoms with Crippen LogP contribution in [0, 0.1) is 12.7 Å². The fourth-order valence-corrected chi connectivity index (χ4v) is 4.16. The summed E-state index contributed by atoms with van der Waals surface area (Å²) in [6.45, 7) is 3.81. The number of hydrogen-bond donors (Lipinski definition) is 1. The standard InChI is InChI=1S/C20H21FN4O/c1-12-7-14(21)8-17-15(12)9-18(23-17)20(26)24-5-6-25-19(11-24)16(10-22-25)13-3-2-4-13/h7-10,13,23H,2-6,11H2,1H3. The van der Waals surface area contributed by atoms with E-state index < -0.39 is 0 Å². The zero-order valence-corrected chi connectivity index (χ0v) is 14.8. The van der Waals surface area contributed by atoms with E-state index >= 15 is 0 Å². The molecule has 2 aliphatic rings. The largest absolute Gasteiger partial charge is 0.350 e. The lowest BCUT2D eigenvalue weighted by Crippen LogP contribution is -2.39. The van der Waals surface area contributed by atoms with Crippen LogP contribution < -0.4 is 0 Å². The normalized spacial score (nSPS) is 17.4. The molecule has 0 radical (unpaired) electrons. The Morgan fingerprint density at radius 1 is 1.27 bits per heavy atom.